The van der Waals surface area contributed by atoms with Gasteiger partial charge in [0.05, 0.1) is 4.92 Å². The smallest absolute Gasteiger partial charge is 0.366 e. The first kappa shape index (κ1) is 16.0. The van der Waals surface area contributed by atoms with Crippen LogP contribution in [0.1, 0.15) is 11.4 Å². The molecule has 0 saturated carbocycles. The average Bonchev–Trinajstić information content (AvgIpc) is 2.44. The Kier molecular flexibility index (Phi) is 4.45. The van der Waals surface area contributed by atoms with Crippen molar-refractivity contribution in [3.8, 4) is 0 Å². The summed E-state index contributed by atoms with van der Waals surface area (Å²) in [5.74, 6) is -1.49. The second-order valence-electron chi connectivity index (χ2n) is 4.18. The van der Waals surface area contributed by atoms with Gasteiger partial charge in [-0.1, -0.05) is 23.7 Å². The predicted molar refractivity (Wildman–Crippen MR) is 72.5 cm³/mol. The zero-order valence-corrected chi connectivity index (χ0v) is 11.5. The van der Waals surface area contributed by atoms with E-state index < -0.39 is 16.9 Å². The molecule has 6 nitrogen and oxygen atoms in total. The van der Waals surface area contributed by atoms with E-state index in [4.69, 9.17) is 11.6 Å². The molecule has 0 saturated heterocycles. The van der Waals surface area contributed by atoms with Crippen molar-refractivity contribution in [1.29, 1.82) is 0 Å². The van der Waals surface area contributed by atoms with Gasteiger partial charge in [-0.15, -0.1) is 0 Å². The van der Waals surface area contributed by atoms with Crippen molar-refractivity contribution in [3.63, 3.8) is 0 Å². The van der Waals surface area contributed by atoms with Gasteiger partial charge in [0, 0.05) is 24.7 Å². The van der Waals surface area contributed by atoms with Gasteiger partial charge in [0.1, 0.15) is 11.0 Å². The van der Waals surface area contributed by atoms with Crippen LogP contribution in [0.2, 0.25) is 5.15 Å². The number of anilines is 1. The van der Waals surface area contributed by atoms with Crippen LogP contribution in [0.5, 0.6) is 0 Å². The normalized spacial score (nSPS) is 11.3. The van der Waals surface area contributed by atoms with Crippen LogP contribution < -0.4 is 5.32 Å². The Balaban J connectivity index is 2.16. The maximum absolute atomic E-state index is 12.6. The fraction of sp³-hybridized carbons (Fsp3) is 0.167. The van der Waals surface area contributed by atoms with Crippen LogP contribution in [0.15, 0.2) is 30.3 Å². The average molecular weight is 333 g/mol. The number of nitro benzene ring substituents is 1. The lowest BCUT2D eigenvalue weighted by molar-refractivity contribution is -0.384. The molecule has 0 aliphatic heterocycles. The quantitative estimate of drug-likeness (QED) is 0.525. The number of nitro groups is 1. The van der Waals surface area contributed by atoms with E-state index in [1.54, 1.807) is 6.07 Å². The first-order valence-corrected chi connectivity index (χ1v) is 6.22. The Hall–Kier alpha value is -2.42. The SMILES string of the molecule is O=[N+]([O-])c1cccc(CNc2cc(Cl)nc(C(F)(F)F)n2)c1. The lowest BCUT2D eigenvalue weighted by Gasteiger charge is -2.09. The zero-order chi connectivity index (χ0) is 16.3. The molecule has 0 bridgehead atoms. The Labute approximate surface area is 127 Å². The van der Waals surface area contributed by atoms with E-state index in [1.807, 2.05) is 0 Å². The van der Waals surface area contributed by atoms with Gasteiger partial charge in [-0.05, 0) is 5.56 Å². The Morgan fingerprint density at radius 2 is 2.00 bits per heavy atom. The lowest BCUT2D eigenvalue weighted by atomic mass is 10.2. The molecule has 2 rings (SSSR count). The largest absolute Gasteiger partial charge is 0.451 e. The van der Waals surface area contributed by atoms with Gasteiger partial charge in [-0.2, -0.15) is 13.2 Å². The standard InChI is InChI=1S/C12H8ClF3N4O2/c13-9-5-10(19-11(18-9)12(14,15)16)17-6-7-2-1-3-8(4-7)20(21)22/h1-5H,6H2,(H,17,18,19). The molecule has 0 unspecified atom stereocenters. The second-order valence-corrected chi connectivity index (χ2v) is 4.57. The summed E-state index contributed by atoms with van der Waals surface area (Å²) in [6, 6.07) is 6.82. The minimum atomic E-state index is -4.72. The van der Waals surface area contributed by atoms with Crippen molar-refractivity contribution >= 4 is 23.1 Å². The first-order chi connectivity index (χ1) is 10.3. The minimum Gasteiger partial charge on any atom is -0.366 e. The van der Waals surface area contributed by atoms with Crippen molar-refractivity contribution in [1.82, 2.24) is 9.97 Å². The lowest BCUT2D eigenvalue weighted by Crippen LogP contribution is -2.13. The van der Waals surface area contributed by atoms with Gasteiger partial charge >= 0.3 is 6.18 Å². The molecule has 1 N–H and O–H groups in total. The van der Waals surface area contributed by atoms with Crippen molar-refractivity contribution in [3.05, 3.63) is 57.0 Å². The minimum absolute atomic E-state index is 0.0479. The van der Waals surface area contributed by atoms with Crippen molar-refractivity contribution in [2.24, 2.45) is 0 Å². The van der Waals surface area contributed by atoms with Gasteiger partial charge in [0.25, 0.3) is 5.69 Å². The van der Waals surface area contributed by atoms with E-state index in [2.05, 4.69) is 15.3 Å². The molecule has 1 heterocycles. The molecule has 0 spiro atoms. The molecule has 1 aromatic heterocycles. The Bertz CT molecular complexity index is 709. The van der Waals surface area contributed by atoms with E-state index in [0.717, 1.165) is 6.07 Å². The summed E-state index contributed by atoms with van der Waals surface area (Å²) in [4.78, 5) is 16.5. The fourth-order valence-electron chi connectivity index (χ4n) is 1.61. The predicted octanol–water partition coefficient (Wildman–Crippen LogP) is 3.67. The topological polar surface area (TPSA) is 81.0 Å². The number of alkyl halides is 3. The number of non-ortho nitro benzene ring substituents is 1. The zero-order valence-electron chi connectivity index (χ0n) is 10.8. The molecule has 0 atom stereocenters. The molecule has 1 aromatic carbocycles. The number of aromatic nitrogens is 2. The number of hydrogen-bond donors (Lipinski definition) is 1. The van der Waals surface area contributed by atoms with Gasteiger partial charge in [0.2, 0.25) is 5.82 Å². The summed E-state index contributed by atoms with van der Waals surface area (Å²) in [6.07, 6.45) is -4.72. The molecule has 2 aromatic rings. The Morgan fingerprint density at radius 1 is 1.27 bits per heavy atom. The number of hydrogen-bond acceptors (Lipinski definition) is 5. The van der Waals surface area contributed by atoms with Crippen molar-refractivity contribution in [2.75, 3.05) is 5.32 Å². The summed E-state index contributed by atoms with van der Waals surface area (Å²) < 4.78 is 37.7. The van der Waals surface area contributed by atoms with E-state index in [9.17, 15) is 23.3 Å². The summed E-state index contributed by atoms with van der Waals surface area (Å²) in [5, 5.41) is 12.9. The number of nitrogens with zero attached hydrogens (tertiary/aromatic N) is 3. The van der Waals surface area contributed by atoms with Gasteiger partial charge in [-0.3, -0.25) is 10.1 Å². The number of nitrogens with one attached hydrogen (secondary N) is 1. The number of rotatable bonds is 4. The number of halogens is 4. The maximum atomic E-state index is 12.6. The molecule has 10 heteroatoms. The van der Waals surface area contributed by atoms with Crippen LogP contribution in [0.3, 0.4) is 0 Å². The summed E-state index contributed by atoms with van der Waals surface area (Å²) in [7, 11) is 0. The van der Waals surface area contributed by atoms with Crippen LogP contribution in [0.25, 0.3) is 0 Å². The molecule has 22 heavy (non-hydrogen) atoms. The highest BCUT2D eigenvalue weighted by Crippen LogP contribution is 2.28. The monoisotopic (exact) mass is 332 g/mol. The summed E-state index contributed by atoms with van der Waals surface area (Å²) in [6.45, 7) is 0.0479. The molecular formula is C12H8ClF3N4O2. The molecular weight excluding hydrogens is 325 g/mol. The van der Waals surface area contributed by atoms with Crippen molar-refractivity contribution < 1.29 is 18.1 Å². The molecule has 116 valence electrons. The molecule has 0 fully saturated rings. The third kappa shape index (κ3) is 4.04. The van der Waals surface area contributed by atoms with Crippen LogP contribution >= 0.6 is 11.6 Å². The van der Waals surface area contributed by atoms with Gasteiger partial charge < -0.3 is 5.32 Å². The van der Waals surface area contributed by atoms with E-state index in [1.165, 1.54) is 18.2 Å². The van der Waals surface area contributed by atoms with E-state index >= 15 is 0 Å². The highest BCUT2D eigenvalue weighted by molar-refractivity contribution is 6.29. The molecule has 0 radical (unpaired) electrons. The maximum Gasteiger partial charge on any atom is 0.451 e. The summed E-state index contributed by atoms with van der Waals surface area (Å²) in [5.41, 5.74) is 0.397. The van der Waals surface area contributed by atoms with Crippen LogP contribution in [0.4, 0.5) is 24.7 Å². The first-order valence-electron chi connectivity index (χ1n) is 5.84. The van der Waals surface area contributed by atoms with Crippen molar-refractivity contribution in [2.45, 2.75) is 12.7 Å². The van der Waals surface area contributed by atoms with E-state index in [-0.39, 0.29) is 23.2 Å². The van der Waals surface area contributed by atoms with Crippen LogP contribution in [-0.4, -0.2) is 14.9 Å². The van der Waals surface area contributed by atoms with Gasteiger partial charge in [-0.25, -0.2) is 9.97 Å². The highest BCUT2D eigenvalue weighted by Gasteiger charge is 2.35. The third-order valence-electron chi connectivity index (χ3n) is 2.54. The second kappa shape index (κ2) is 6.14. The highest BCUT2D eigenvalue weighted by atomic mass is 35.5. The molecule has 0 aliphatic rings. The van der Waals surface area contributed by atoms with E-state index in [0.29, 0.717) is 5.56 Å². The van der Waals surface area contributed by atoms with Gasteiger partial charge in [0.15, 0.2) is 0 Å². The molecule has 0 aliphatic carbocycles. The Morgan fingerprint density at radius 3 is 2.64 bits per heavy atom. The van der Waals surface area contributed by atoms with Crippen LogP contribution in [-0.2, 0) is 12.7 Å². The summed E-state index contributed by atoms with van der Waals surface area (Å²) >= 11 is 5.52. The number of benzene rings is 1. The third-order valence-corrected chi connectivity index (χ3v) is 2.74. The fourth-order valence-corrected chi connectivity index (χ4v) is 1.79. The molecule has 0 amide bonds. The van der Waals surface area contributed by atoms with Crippen LogP contribution in [0, 0.1) is 10.1 Å².